The summed E-state index contributed by atoms with van der Waals surface area (Å²) >= 11 is 0. The van der Waals surface area contributed by atoms with Crippen LogP contribution in [0.2, 0.25) is 0 Å². The minimum Gasteiger partial charge on any atom is -0.338 e. The Morgan fingerprint density at radius 3 is 2.52 bits per heavy atom. The summed E-state index contributed by atoms with van der Waals surface area (Å²) in [5, 5.41) is 0. The second-order valence-corrected chi connectivity index (χ2v) is 7.87. The van der Waals surface area contributed by atoms with Crippen molar-refractivity contribution in [3.05, 3.63) is 71.7 Å². The van der Waals surface area contributed by atoms with Crippen LogP contribution in [0.15, 0.2) is 54.7 Å². The zero-order valence-corrected chi connectivity index (χ0v) is 18.0. The van der Waals surface area contributed by atoms with Gasteiger partial charge >= 0.3 is 0 Å². The molecule has 1 aromatic heterocycles. The number of hydrogen-bond acceptors (Lipinski definition) is 4. The van der Waals surface area contributed by atoms with Crippen LogP contribution in [-0.4, -0.2) is 40.4 Å². The van der Waals surface area contributed by atoms with Gasteiger partial charge < -0.3 is 9.80 Å². The lowest BCUT2D eigenvalue weighted by atomic mass is 10.1. The van der Waals surface area contributed by atoms with Crippen LogP contribution >= 0.6 is 0 Å². The fourth-order valence-electron chi connectivity index (χ4n) is 3.99. The van der Waals surface area contributed by atoms with Gasteiger partial charge in [-0.15, -0.1) is 0 Å². The third kappa shape index (κ3) is 4.58. The van der Waals surface area contributed by atoms with E-state index in [9.17, 15) is 9.18 Å². The smallest absolute Gasteiger partial charge is 0.259 e. The molecule has 0 radical (unpaired) electrons. The van der Waals surface area contributed by atoms with Crippen molar-refractivity contribution in [3.63, 3.8) is 0 Å². The lowest BCUT2D eigenvalue weighted by Gasteiger charge is -2.30. The van der Waals surface area contributed by atoms with E-state index in [1.807, 2.05) is 41.8 Å². The molecule has 3 aromatic rings. The number of benzene rings is 2. The minimum atomic E-state index is -0.309. The molecule has 0 bridgehead atoms. The second kappa shape index (κ2) is 9.25. The Morgan fingerprint density at radius 2 is 1.84 bits per heavy atom. The number of aromatic nitrogens is 2. The van der Waals surface area contributed by atoms with Crippen molar-refractivity contribution in [2.45, 2.75) is 33.1 Å². The molecule has 6 heteroatoms. The van der Waals surface area contributed by atoms with Gasteiger partial charge in [-0.3, -0.25) is 4.79 Å². The van der Waals surface area contributed by atoms with Gasteiger partial charge in [-0.25, -0.2) is 14.4 Å². The van der Waals surface area contributed by atoms with Crippen molar-refractivity contribution >= 4 is 17.4 Å². The largest absolute Gasteiger partial charge is 0.338 e. The number of likely N-dealkylation sites (tertiary alicyclic amines) is 1. The van der Waals surface area contributed by atoms with Crippen molar-refractivity contribution in [2.75, 3.05) is 24.5 Å². The average Bonchev–Trinajstić information content (AvgIpc) is 2.80. The third-order valence-corrected chi connectivity index (χ3v) is 5.63. The van der Waals surface area contributed by atoms with Crippen LogP contribution in [0.3, 0.4) is 0 Å². The molecule has 160 valence electrons. The highest BCUT2D eigenvalue weighted by molar-refractivity contribution is 5.99. The van der Waals surface area contributed by atoms with Gasteiger partial charge in [0.2, 0.25) is 0 Å². The molecule has 2 aromatic carbocycles. The van der Waals surface area contributed by atoms with E-state index in [1.54, 1.807) is 18.3 Å². The Morgan fingerprint density at radius 1 is 1.10 bits per heavy atom. The molecule has 1 fully saturated rings. The lowest BCUT2D eigenvalue weighted by molar-refractivity contribution is 0.0724. The SMILES string of the molecule is CCN(c1cccc(C)c1)c1nc(-c2ccc(F)cc2)ncc1C(=O)N1CCCCC1. The summed E-state index contributed by atoms with van der Waals surface area (Å²) < 4.78 is 13.4. The van der Waals surface area contributed by atoms with E-state index >= 15 is 0 Å². The molecule has 4 rings (SSSR count). The Hall–Kier alpha value is -3.28. The number of amides is 1. The number of rotatable bonds is 5. The quantitative estimate of drug-likeness (QED) is 0.559. The number of nitrogens with zero attached hydrogens (tertiary/aromatic N) is 4. The van der Waals surface area contributed by atoms with Crippen LogP contribution in [0.5, 0.6) is 0 Å². The molecule has 0 unspecified atom stereocenters. The third-order valence-electron chi connectivity index (χ3n) is 5.63. The van der Waals surface area contributed by atoms with Crippen molar-refractivity contribution in [2.24, 2.45) is 0 Å². The fraction of sp³-hybridized carbons (Fsp3) is 0.320. The molecular formula is C25H27FN4O. The molecule has 0 saturated carbocycles. The van der Waals surface area contributed by atoms with Gasteiger partial charge in [0.05, 0.1) is 0 Å². The summed E-state index contributed by atoms with van der Waals surface area (Å²) in [4.78, 5) is 26.6. The maximum atomic E-state index is 13.4. The number of carbonyl (C=O) groups is 1. The highest BCUT2D eigenvalue weighted by atomic mass is 19.1. The van der Waals surface area contributed by atoms with Gasteiger partial charge in [0.1, 0.15) is 17.2 Å². The minimum absolute atomic E-state index is 0.0357. The highest BCUT2D eigenvalue weighted by Gasteiger charge is 2.25. The number of carbonyl (C=O) groups excluding carboxylic acids is 1. The summed E-state index contributed by atoms with van der Waals surface area (Å²) in [7, 11) is 0. The summed E-state index contributed by atoms with van der Waals surface area (Å²) in [6.07, 6.45) is 4.81. The molecule has 1 aliphatic rings. The van der Waals surface area contributed by atoms with E-state index in [0.29, 0.717) is 29.3 Å². The van der Waals surface area contributed by atoms with Crippen molar-refractivity contribution in [1.82, 2.24) is 14.9 Å². The van der Waals surface area contributed by atoms with Crippen LogP contribution in [0, 0.1) is 12.7 Å². The predicted molar refractivity (Wildman–Crippen MR) is 121 cm³/mol. The van der Waals surface area contributed by atoms with Crippen LogP contribution in [0.1, 0.15) is 42.1 Å². The zero-order valence-electron chi connectivity index (χ0n) is 18.0. The Bertz CT molecular complexity index is 1060. The summed E-state index contributed by atoms with van der Waals surface area (Å²) in [6, 6.07) is 14.2. The predicted octanol–water partition coefficient (Wildman–Crippen LogP) is 5.38. The standard InChI is InChI=1S/C25H27FN4O/c1-3-30(21-9-7-8-18(2)16-21)24-22(25(31)29-14-5-4-6-15-29)17-27-23(28-24)19-10-12-20(26)13-11-19/h7-13,16-17H,3-6,14-15H2,1-2H3. The first-order valence-electron chi connectivity index (χ1n) is 10.8. The molecule has 2 heterocycles. The molecule has 0 N–H and O–H groups in total. The summed E-state index contributed by atoms with van der Waals surface area (Å²) in [6.45, 7) is 6.24. The monoisotopic (exact) mass is 418 g/mol. The first kappa shape index (κ1) is 21.0. The number of halogens is 1. The second-order valence-electron chi connectivity index (χ2n) is 7.87. The van der Waals surface area contributed by atoms with Crippen LogP contribution in [-0.2, 0) is 0 Å². The Balaban J connectivity index is 1.81. The number of anilines is 2. The van der Waals surface area contributed by atoms with Gasteiger partial charge in [0, 0.05) is 37.1 Å². The maximum Gasteiger partial charge on any atom is 0.259 e. The lowest BCUT2D eigenvalue weighted by Crippen LogP contribution is -2.37. The van der Waals surface area contributed by atoms with Gasteiger partial charge in [0.15, 0.2) is 5.82 Å². The normalized spacial score (nSPS) is 13.8. The topological polar surface area (TPSA) is 49.3 Å². The number of hydrogen-bond donors (Lipinski definition) is 0. The number of aryl methyl sites for hydroxylation is 1. The Kier molecular flexibility index (Phi) is 6.26. The Labute approximate surface area is 182 Å². The van der Waals surface area contributed by atoms with Crippen LogP contribution < -0.4 is 4.90 Å². The van der Waals surface area contributed by atoms with Crippen LogP contribution in [0.4, 0.5) is 15.9 Å². The van der Waals surface area contributed by atoms with Crippen molar-refractivity contribution in [3.8, 4) is 11.4 Å². The fourth-order valence-corrected chi connectivity index (χ4v) is 3.99. The van der Waals surface area contributed by atoms with Crippen molar-refractivity contribution < 1.29 is 9.18 Å². The van der Waals surface area contributed by atoms with E-state index in [2.05, 4.69) is 11.1 Å². The maximum absolute atomic E-state index is 13.4. The number of piperidine rings is 1. The van der Waals surface area contributed by atoms with Crippen LogP contribution in [0.25, 0.3) is 11.4 Å². The molecular weight excluding hydrogens is 391 g/mol. The molecule has 1 saturated heterocycles. The molecule has 1 amide bonds. The average molecular weight is 419 g/mol. The van der Waals surface area contributed by atoms with E-state index < -0.39 is 0 Å². The van der Waals surface area contributed by atoms with Gasteiger partial charge in [-0.1, -0.05) is 12.1 Å². The van der Waals surface area contributed by atoms with Crippen molar-refractivity contribution in [1.29, 1.82) is 0 Å². The van der Waals surface area contributed by atoms with E-state index in [-0.39, 0.29) is 11.7 Å². The van der Waals surface area contributed by atoms with E-state index in [4.69, 9.17) is 4.98 Å². The first-order valence-corrected chi connectivity index (χ1v) is 10.8. The molecule has 1 aliphatic heterocycles. The highest BCUT2D eigenvalue weighted by Crippen LogP contribution is 2.30. The van der Waals surface area contributed by atoms with Gasteiger partial charge in [0.25, 0.3) is 5.91 Å². The molecule has 5 nitrogen and oxygen atoms in total. The summed E-state index contributed by atoms with van der Waals surface area (Å²) in [5.41, 5.74) is 3.31. The van der Waals surface area contributed by atoms with E-state index in [1.165, 1.54) is 12.1 Å². The molecule has 0 spiro atoms. The van der Waals surface area contributed by atoms with Gasteiger partial charge in [-0.2, -0.15) is 0 Å². The molecule has 31 heavy (non-hydrogen) atoms. The summed E-state index contributed by atoms with van der Waals surface area (Å²) in [5.74, 6) is 0.705. The molecule has 0 atom stereocenters. The van der Waals surface area contributed by atoms with E-state index in [0.717, 1.165) is 43.6 Å². The zero-order chi connectivity index (χ0) is 21.8. The molecule has 0 aliphatic carbocycles. The first-order chi connectivity index (χ1) is 15.1. The van der Waals surface area contributed by atoms with Gasteiger partial charge in [-0.05, 0) is 75.1 Å².